The summed E-state index contributed by atoms with van der Waals surface area (Å²) in [6, 6.07) is 4.44. The molecule has 1 heterocycles. The van der Waals surface area contributed by atoms with Crippen molar-refractivity contribution in [2.24, 2.45) is 5.41 Å². The van der Waals surface area contributed by atoms with E-state index in [-0.39, 0.29) is 12.1 Å². The first-order chi connectivity index (χ1) is 11.1. The van der Waals surface area contributed by atoms with Crippen LogP contribution in [0.25, 0.3) is 0 Å². The second-order valence-corrected chi connectivity index (χ2v) is 7.58. The molecule has 1 aromatic carbocycles. The van der Waals surface area contributed by atoms with Crippen LogP contribution in [-0.2, 0) is 9.31 Å². The molecule has 7 heteroatoms. The van der Waals surface area contributed by atoms with Crippen molar-refractivity contribution in [3.05, 3.63) is 23.8 Å². The third-order valence-electron chi connectivity index (χ3n) is 5.13. The lowest BCUT2D eigenvalue weighted by atomic mass is 9.79. The van der Waals surface area contributed by atoms with Crippen LogP contribution in [0.15, 0.2) is 12.1 Å². The molecular weight excluding hydrogens is 315 g/mol. The summed E-state index contributed by atoms with van der Waals surface area (Å²) in [7, 11) is -0.845. The monoisotopic (exact) mass is 335 g/mol. The van der Waals surface area contributed by atoms with E-state index in [1.165, 1.54) is 0 Å². The molecule has 0 bridgehead atoms. The second-order valence-electron chi connectivity index (χ2n) is 7.58. The first kappa shape index (κ1) is 17.2. The fourth-order valence-electron chi connectivity index (χ4n) is 2.48. The molecular formula is C17H20BF2NO3. The van der Waals surface area contributed by atoms with E-state index in [2.05, 4.69) is 6.07 Å². The summed E-state index contributed by atoms with van der Waals surface area (Å²) in [6.07, 6.45) is 1.39. The van der Waals surface area contributed by atoms with Crippen molar-refractivity contribution in [3.63, 3.8) is 0 Å². The minimum absolute atomic E-state index is 0.00677. The number of rotatable bonds is 4. The van der Waals surface area contributed by atoms with Crippen LogP contribution in [0, 0.1) is 28.4 Å². The highest BCUT2D eigenvalue weighted by Gasteiger charge is 2.52. The van der Waals surface area contributed by atoms with Crippen LogP contribution in [0.1, 0.15) is 40.5 Å². The smallest absolute Gasteiger partial charge is 0.486 e. The minimum Gasteiger partial charge on any atom is -0.486 e. The third kappa shape index (κ3) is 2.89. The molecule has 2 fully saturated rings. The minimum atomic E-state index is -0.845. The van der Waals surface area contributed by atoms with Gasteiger partial charge in [-0.1, -0.05) is 0 Å². The van der Waals surface area contributed by atoms with Crippen LogP contribution in [0.2, 0.25) is 0 Å². The van der Waals surface area contributed by atoms with Gasteiger partial charge < -0.3 is 14.0 Å². The number of benzene rings is 1. The molecule has 3 rings (SSSR count). The molecule has 0 radical (unpaired) electrons. The van der Waals surface area contributed by atoms with Gasteiger partial charge in [-0.25, -0.2) is 8.78 Å². The van der Waals surface area contributed by atoms with Crippen LogP contribution < -0.4 is 10.2 Å². The van der Waals surface area contributed by atoms with Crippen LogP contribution in [-0.4, -0.2) is 24.9 Å². The van der Waals surface area contributed by atoms with E-state index in [4.69, 9.17) is 19.3 Å². The zero-order valence-electron chi connectivity index (χ0n) is 14.3. The molecule has 1 aromatic rings. The maximum absolute atomic E-state index is 14.3. The summed E-state index contributed by atoms with van der Waals surface area (Å²) >= 11 is 0. The third-order valence-corrected chi connectivity index (χ3v) is 5.13. The lowest BCUT2D eigenvalue weighted by Gasteiger charge is -2.32. The fraction of sp³-hybridized carbons (Fsp3) is 0.588. The van der Waals surface area contributed by atoms with Crippen LogP contribution in [0.4, 0.5) is 8.78 Å². The zero-order valence-corrected chi connectivity index (χ0v) is 14.3. The molecule has 0 N–H and O–H groups in total. The standard InChI is InChI=1S/C17H20BF2NO3/c1-15(2)16(3,4)24-18(23-15)11-7-12(19)14(13(20)8-11)22-10-17(9-21)5-6-17/h7-8H,5-6,10H2,1-4H3. The second kappa shape index (κ2) is 5.43. The average molecular weight is 335 g/mol. The molecule has 1 aliphatic carbocycles. The maximum Gasteiger partial charge on any atom is 0.495 e. The zero-order chi connectivity index (χ0) is 17.8. The molecule has 1 saturated heterocycles. The number of nitriles is 1. The molecule has 1 saturated carbocycles. The topological polar surface area (TPSA) is 51.5 Å². The highest BCUT2D eigenvalue weighted by molar-refractivity contribution is 6.62. The number of nitrogens with zero attached hydrogens (tertiary/aromatic N) is 1. The van der Waals surface area contributed by atoms with Gasteiger partial charge in [-0.2, -0.15) is 5.26 Å². The average Bonchev–Trinajstić information content (AvgIpc) is 3.21. The Kier molecular flexibility index (Phi) is 3.89. The Labute approximate surface area is 140 Å². The van der Waals surface area contributed by atoms with Crippen LogP contribution in [0.5, 0.6) is 5.75 Å². The summed E-state index contributed by atoms with van der Waals surface area (Å²) < 4.78 is 45.4. The molecule has 2 aliphatic rings. The van der Waals surface area contributed by atoms with E-state index in [0.29, 0.717) is 12.8 Å². The van der Waals surface area contributed by atoms with E-state index in [9.17, 15) is 8.78 Å². The van der Waals surface area contributed by atoms with Gasteiger partial charge in [0, 0.05) is 0 Å². The Morgan fingerprint density at radius 1 is 1.12 bits per heavy atom. The fourth-order valence-corrected chi connectivity index (χ4v) is 2.48. The van der Waals surface area contributed by atoms with Gasteiger partial charge in [0.25, 0.3) is 0 Å². The molecule has 1 aliphatic heterocycles. The van der Waals surface area contributed by atoms with Gasteiger partial charge in [0.1, 0.15) is 6.61 Å². The predicted molar refractivity (Wildman–Crippen MR) is 84.8 cm³/mol. The summed E-state index contributed by atoms with van der Waals surface area (Å²) in [5.41, 5.74) is -1.52. The molecule has 0 spiro atoms. The number of hydrogen-bond donors (Lipinski definition) is 0. The van der Waals surface area contributed by atoms with Gasteiger partial charge in [0.15, 0.2) is 17.4 Å². The normalized spacial score (nSPS) is 23.0. The molecule has 0 unspecified atom stereocenters. The molecule has 0 atom stereocenters. The van der Waals surface area contributed by atoms with E-state index in [1.54, 1.807) is 0 Å². The Morgan fingerprint density at radius 2 is 1.62 bits per heavy atom. The lowest BCUT2D eigenvalue weighted by Crippen LogP contribution is -2.41. The number of ether oxygens (including phenoxy) is 1. The van der Waals surface area contributed by atoms with E-state index in [0.717, 1.165) is 12.1 Å². The summed E-state index contributed by atoms with van der Waals surface area (Å²) in [6.45, 7) is 7.47. The molecule has 0 aromatic heterocycles. The quantitative estimate of drug-likeness (QED) is 0.794. The first-order valence-electron chi connectivity index (χ1n) is 7.98. The first-order valence-corrected chi connectivity index (χ1v) is 7.98. The lowest BCUT2D eigenvalue weighted by molar-refractivity contribution is 0.00578. The Bertz CT molecular complexity index is 671. The molecule has 128 valence electrons. The SMILES string of the molecule is CC1(C)OB(c2cc(F)c(OCC3(C#N)CC3)c(F)c2)OC1(C)C. The van der Waals surface area contributed by atoms with Crippen molar-refractivity contribution in [3.8, 4) is 11.8 Å². The van der Waals surface area contributed by atoms with E-state index >= 15 is 0 Å². The van der Waals surface area contributed by atoms with Crippen LogP contribution >= 0.6 is 0 Å². The highest BCUT2D eigenvalue weighted by Crippen LogP contribution is 2.45. The Morgan fingerprint density at radius 3 is 2.04 bits per heavy atom. The highest BCUT2D eigenvalue weighted by atomic mass is 19.1. The van der Waals surface area contributed by atoms with Crippen molar-refractivity contribution in [1.29, 1.82) is 5.26 Å². The van der Waals surface area contributed by atoms with Gasteiger partial charge in [0.2, 0.25) is 0 Å². The van der Waals surface area contributed by atoms with Crippen LogP contribution in [0.3, 0.4) is 0 Å². The predicted octanol–water partition coefficient (Wildman–Crippen LogP) is 2.95. The molecule has 4 nitrogen and oxygen atoms in total. The summed E-state index contributed by atoms with van der Waals surface area (Å²) in [5.74, 6) is -2.11. The maximum atomic E-state index is 14.3. The Hall–Kier alpha value is -1.65. The van der Waals surface area contributed by atoms with E-state index in [1.807, 2.05) is 27.7 Å². The van der Waals surface area contributed by atoms with Crippen molar-refractivity contribution in [1.82, 2.24) is 0 Å². The van der Waals surface area contributed by atoms with Gasteiger partial charge in [-0.05, 0) is 58.1 Å². The van der Waals surface area contributed by atoms with Gasteiger partial charge >= 0.3 is 7.12 Å². The van der Waals surface area contributed by atoms with Gasteiger partial charge in [0.05, 0.1) is 22.7 Å². The van der Waals surface area contributed by atoms with Gasteiger partial charge in [-0.3, -0.25) is 0 Å². The molecule has 0 amide bonds. The Balaban J connectivity index is 1.79. The summed E-state index contributed by atoms with van der Waals surface area (Å²) in [4.78, 5) is 0. The number of hydrogen-bond acceptors (Lipinski definition) is 4. The molecule has 24 heavy (non-hydrogen) atoms. The largest absolute Gasteiger partial charge is 0.495 e. The van der Waals surface area contributed by atoms with Crippen molar-refractivity contribution < 1.29 is 22.8 Å². The number of halogens is 2. The van der Waals surface area contributed by atoms with Gasteiger partial charge in [-0.15, -0.1) is 0 Å². The van der Waals surface area contributed by atoms with Crippen molar-refractivity contribution in [2.75, 3.05) is 6.61 Å². The van der Waals surface area contributed by atoms with Crippen molar-refractivity contribution >= 4 is 12.6 Å². The van der Waals surface area contributed by atoms with E-state index < -0.39 is 41.1 Å². The summed E-state index contributed by atoms with van der Waals surface area (Å²) in [5, 5.41) is 9.01. The van der Waals surface area contributed by atoms with Crippen molar-refractivity contribution in [2.45, 2.75) is 51.7 Å².